The predicted molar refractivity (Wildman–Crippen MR) is 83.5 cm³/mol. The zero-order valence-electron chi connectivity index (χ0n) is 11.7. The van der Waals surface area contributed by atoms with E-state index in [0.717, 1.165) is 36.3 Å². The second-order valence-corrected chi connectivity index (χ2v) is 5.84. The van der Waals surface area contributed by atoms with Gasteiger partial charge in [-0.1, -0.05) is 12.1 Å². The predicted octanol–water partition coefficient (Wildman–Crippen LogP) is 2.16. The van der Waals surface area contributed by atoms with Crippen molar-refractivity contribution >= 4 is 29.2 Å². The Labute approximate surface area is 129 Å². The zero-order chi connectivity index (χ0) is 13.5. The molecule has 5 rings (SSSR count). The van der Waals surface area contributed by atoms with E-state index in [2.05, 4.69) is 20.4 Å². The number of amides is 1. The summed E-state index contributed by atoms with van der Waals surface area (Å²) in [6.07, 6.45) is 5.60. The normalized spacial score (nSPS) is 27.3. The maximum atomic E-state index is 12.5. The highest BCUT2D eigenvalue weighted by Gasteiger charge is 2.34. The molecule has 5 nitrogen and oxygen atoms in total. The first kappa shape index (κ1) is 14.4. The number of nitrogens with one attached hydrogen (secondary N) is 2. The number of carbonyl (C=O) groups is 1. The van der Waals surface area contributed by atoms with Crippen LogP contribution in [0.15, 0.2) is 24.4 Å². The van der Waals surface area contributed by atoms with Crippen LogP contribution in [0.2, 0.25) is 0 Å². The molecule has 0 radical (unpaired) electrons. The number of para-hydroxylation sites is 1. The zero-order valence-corrected chi connectivity index (χ0v) is 12.5. The first-order valence-electron chi connectivity index (χ1n) is 7.28. The quantitative estimate of drug-likeness (QED) is 0.894. The summed E-state index contributed by atoms with van der Waals surface area (Å²) in [5.41, 5.74) is 1.50. The fourth-order valence-electron chi connectivity index (χ4n) is 3.50. The number of hydrogen-bond donors (Lipinski definition) is 2. The molecule has 1 aromatic carbocycles. The van der Waals surface area contributed by atoms with Crippen molar-refractivity contribution in [3.63, 3.8) is 0 Å². The van der Waals surface area contributed by atoms with Gasteiger partial charge in [0.05, 0.1) is 23.4 Å². The number of rotatable bonds is 2. The third kappa shape index (κ3) is 2.51. The lowest BCUT2D eigenvalue weighted by Crippen LogP contribution is -2.56. The van der Waals surface area contributed by atoms with Gasteiger partial charge in [-0.3, -0.25) is 14.8 Å². The highest BCUT2D eigenvalue weighted by molar-refractivity contribution is 6.05. The van der Waals surface area contributed by atoms with Crippen molar-refractivity contribution in [2.24, 2.45) is 5.92 Å². The number of benzene rings is 1. The smallest absolute Gasteiger partial charge is 0.254 e. The summed E-state index contributed by atoms with van der Waals surface area (Å²) in [6, 6.07) is 5.72. The molecule has 0 aliphatic carbocycles. The lowest BCUT2D eigenvalue weighted by atomic mass is 9.86. The largest absolute Gasteiger partial charge is 0.336 e. The van der Waals surface area contributed by atoms with E-state index in [4.69, 9.17) is 0 Å². The Hall–Kier alpha value is -1.59. The number of H-pyrrole nitrogens is 1. The van der Waals surface area contributed by atoms with Crippen LogP contribution < -0.4 is 5.32 Å². The molecule has 0 saturated carbocycles. The lowest BCUT2D eigenvalue weighted by molar-refractivity contribution is 0.0295. The Morgan fingerprint density at radius 3 is 2.86 bits per heavy atom. The van der Waals surface area contributed by atoms with Gasteiger partial charge in [0.25, 0.3) is 5.91 Å². The van der Waals surface area contributed by atoms with Gasteiger partial charge in [-0.05, 0) is 31.2 Å². The molecule has 4 heterocycles. The number of aromatic nitrogens is 2. The van der Waals surface area contributed by atoms with Crippen LogP contribution in [0, 0.1) is 5.92 Å². The van der Waals surface area contributed by atoms with Crippen LogP contribution >= 0.6 is 12.4 Å². The van der Waals surface area contributed by atoms with Gasteiger partial charge in [-0.15, -0.1) is 12.4 Å². The lowest BCUT2D eigenvalue weighted by Gasteiger charge is -2.45. The van der Waals surface area contributed by atoms with Gasteiger partial charge >= 0.3 is 0 Å². The van der Waals surface area contributed by atoms with E-state index in [1.807, 2.05) is 18.2 Å². The van der Waals surface area contributed by atoms with Crippen molar-refractivity contribution in [1.82, 2.24) is 20.4 Å². The molecule has 1 atom stereocenters. The molecule has 2 N–H and O–H groups in total. The summed E-state index contributed by atoms with van der Waals surface area (Å²) in [5, 5.41) is 11.1. The number of carbonyl (C=O) groups excluding carboxylic acids is 1. The maximum Gasteiger partial charge on any atom is 0.254 e. The minimum Gasteiger partial charge on any atom is -0.336 e. The van der Waals surface area contributed by atoms with Crippen LogP contribution in [-0.2, 0) is 0 Å². The van der Waals surface area contributed by atoms with Gasteiger partial charge in [0, 0.05) is 18.5 Å². The van der Waals surface area contributed by atoms with Gasteiger partial charge in [-0.25, -0.2) is 0 Å². The fraction of sp³-hybridized carbons (Fsp3) is 0.467. The molecule has 0 unspecified atom stereocenters. The van der Waals surface area contributed by atoms with Gasteiger partial charge < -0.3 is 5.32 Å². The maximum absolute atomic E-state index is 12.5. The second-order valence-electron chi connectivity index (χ2n) is 5.84. The van der Waals surface area contributed by atoms with Crippen molar-refractivity contribution in [3.05, 3.63) is 30.0 Å². The van der Waals surface area contributed by atoms with E-state index in [-0.39, 0.29) is 24.5 Å². The molecule has 3 aliphatic rings. The Bertz CT molecular complexity index is 648. The first-order valence-corrected chi connectivity index (χ1v) is 7.28. The average Bonchev–Trinajstić information content (AvgIpc) is 2.96. The van der Waals surface area contributed by atoms with Crippen molar-refractivity contribution in [3.8, 4) is 0 Å². The van der Waals surface area contributed by atoms with E-state index in [1.54, 1.807) is 6.20 Å². The molecule has 3 fully saturated rings. The second kappa shape index (κ2) is 5.66. The molecule has 21 heavy (non-hydrogen) atoms. The molecule has 112 valence electrons. The molecular formula is C15H19ClN4O. The number of fused-ring (bicyclic) bond motifs is 4. The Morgan fingerprint density at radius 2 is 2.14 bits per heavy atom. The van der Waals surface area contributed by atoms with Crippen LogP contribution in [-0.4, -0.2) is 40.3 Å². The molecule has 2 aromatic rings. The Balaban J connectivity index is 0.00000132. The van der Waals surface area contributed by atoms with Crippen LogP contribution in [0.25, 0.3) is 10.9 Å². The van der Waals surface area contributed by atoms with Gasteiger partial charge in [-0.2, -0.15) is 5.10 Å². The summed E-state index contributed by atoms with van der Waals surface area (Å²) < 4.78 is 0. The summed E-state index contributed by atoms with van der Waals surface area (Å²) >= 11 is 0. The fourth-order valence-corrected chi connectivity index (χ4v) is 3.50. The molecule has 0 spiro atoms. The Kier molecular flexibility index (Phi) is 3.87. The summed E-state index contributed by atoms with van der Waals surface area (Å²) in [6.45, 7) is 2.23. The van der Waals surface area contributed by atoms with Crippen molar-refractivity contribution < 1.29 is 4.79 Å². The third-order valence-corrected chi connectivity index (χ3v) is 4.67. The summed E-state index contributed by atoms with van der Waals surface area (Å²) in [5.74, 6) is 0.783. The summed E-state index contributed by atoms with van der Waals surface area (Å²) in [4.78, 5) is 14.9. The molecule has 1 aromatic heterocycles. The first-order chi connectivity index (χ1) is 9.81. The van der Waals surface area contributed by atoms with E-state index in [1.165, 1.54) is 12.8 Å². The molecule has 3 saturated heterocycles. The van der Waals surface area contributed by atoms with Crippen molar-refractivity contribution in [2.75, 3.05) is 13.1 Å². The van der Waals surface area contributed by atoms with Crippen molar-refractivity contribution in [1.29, 1.82) is 0 Å². The third-order valence-electron chi connectivity index (χ3n) is 4.67. The van der Waals surface area contributed by atoms with Crippen LogP contribution in [0.5, 0.6) is 0 Å². The van der Waals surface area contributed by atoms with Gasteiger partial charge in [0.1, 0.15) is 0 Å². The van der Waals surface area contributed by atoms with Crippen molar-refractivity contribution in [2.45, 2.75) is 25.4 Å². The van der Waals surface area contributed by atoms with E-state index in [9.17, 15) is 4.79 Å². The number of aromatic amines is 1. The topological polar surface area (TPSA) is 61.0 Å². The molecular weight excluding hydrogens is 288 g/mol. The minimum atomic E-state index is -0.00241. The van der Waals surface area contributed by atoms with Crippen LogP contribution in [0.1, 0.15) is 29.6 Å². The minimum absolute atomic E-state index is 0. The average molecular weight is 307 g/mol. The number of piperidine rings is 3. The summed E-state index contributed by atoms with van der Waals surface area (Å²) in [7, 11) is 0. The number of hydrogen-bond acceptors (Lipinski definition) is 3. The standard InChI is InChI=1S/C15H18N4O.ClH/c20-15(12-3-1-2-11-9-16-18-14(11)12)17-13-8-10-4-6-19(13)7-5-10;/h1-3,9-10,13H,4-8H2,(H,16,18)(H,17,20);1H/t13-;/m1./s1. The number of halogens is 1. The highest BCUT2D eigenvalue weighted by Crippen LogP contribution is 2.30. The van der Waals surface area contributed by atoms with E-state index >= 15 is 0 Å². The van der Waals surface area contributed by atoms with Gasteiger partial charge in [0.15, 0.2) is 0 Å². The molecule has 3 aliphatic heterocycles. The van der Waals surface area contributed by atoms with E-state index < -0.39 is 0 Å². The molecule has 1 amide bonds. The number of nitrogens with zero attached hydrogens (tertiary/aromatic N) is 2. The highest BCUT2D eigenvalue weighted by atomic mass is 35.5. The van der Waals surface area contributed by atoms with Gasteiger partial charge in [0.2, 0.25) is 0 Å². The SMILES string of the molecule is Cl.O=C(N[C@H]1CC2CCN1CC2)c1cccc2cn[nH]c12. The van der Waals surface area contributed by atoms with Crippen LogP contribution in [0.3, 0.4) is 0 Å². The van der Waals surface area contributed by atoms with E-state index in [0.29, 0.717) is 5.56 Å². The molecule has 2 bridgehead atoms. The monoisotopic (exact) mass is 306 g/mol. The molecule has 6 heteroatoms. The van der Waals surface area contributed by atoms with Crippen LogP contribution in [0.4, 0.5) is 0 Å². The Morgan fingerprint density at radius 1 is 1.33 bits per heavy atom.